The van der Waals surface area contributed by atoms with E-state index < -0.39 is 0 Å². The van der Waals surface area contributed by atoms with Crippen LogP contribution >= 0.6 is 0 Å². The molecule has 0 fully saturated rings. The summed E-state index contributed by atoms with van der Waals surface area (Å²) >= 11 is 0. The van der Waals surface area contributed by atoms with Crippen molar-refractivity contribution in [1.82, 2.24) is 0 Å². The van der Waals surface area contributed by atoms with Crippen molar-refractivity contribution in [1.29, 1.82) is 0 Å². The van der Waals surface area contributed by atoms with Gasteiger partial charge < -0.3 is 24.8 Å². The molecule has 2 aromatic rings. The van der Waals surface area contributed by atoms with Gasteiger partial charge in [-0.3, -0.25) is 8.78 Å². The van der Waals surface area contributed by atoms with Crippen molar-refractivity contribution in [3.05, 3.63) is 60.2 Å². The van der Waals surface area contributed by atoms with Gasteiger partial charge in [-0.05, 0) is 0 Å². The van der Waals surface area contributed by atoms with Crippen LogP contribution in [0.2, 0.25) is 0 Å². The number of rotatable bonds is 0. The number of halogens is 4. The molecule has 15 heavy (non-hydrogen) atoms. The van der Waals surface area contributed by atoms with Crippen LogP contribution in [0.5, 0.6) is 0 Å². The molecule has 0 aromatic heterocycles. The maximum Gasteiger partial charge on any atom is 4.00 e. The Bertz CT molecular complexity index is 261. The van der Waals surface area contributed by atoms with E-state index in [1.807, 2.05) is 0 Å². The fourth-order valence-electron chi connectivity index (χ4n) is 0.701. The molecule has 0 spiro atoms. The molecule has 0 atom stereocenters. The molecule has 0 saturated carbocycles. The minimum absolute atomic E-state index is 0. The maximum absolute atomic E-state index is 11.7. The second kappa shape index (κ2) is 12.1. The van der Waals surface area contributed by atoms with Crippen LogP contribution in [0.1, 0.15) is 0 Å². The Balaban J connectivity index is -0.000000160. The Morgan fingerprint density at radius 1 is 0.600 bits per heavy atom. The molecule has 0 N–H and O–H groups in total. The summed E-state index contributed by atoms with van der Waals surface area (Å²) in [7, 11) is 0. The first-order valence-electron chi connectivity index (χ1n) is 3.53. The molecule has 80 valence electrons. The number of hydrogen-bond donors (Lipinski definition) is 0. The molecule has 2 aromatic carbocycles. The fourth-order valence-corrected chi connectivity index (χ4v) is 0.701. The molecular weight excluding hydrogens is 320 g/mol. The van der Waals surface area contributed by atoms with Crippen LogP contribution < -0.4 is 24.8 Å². The van der Waals surface area contributed by atoms with Gasteiger partial charge in [0.1, 0.15) is 0 Å². The summed E-state index contributed by atoms with van der Waals surface area (Å²) in [6, 6.07) is 12.3. The van der Waals surface area contributed by atoms with Crippen LogP contribution in [0.25, 0.3) is 0 Å². The molecule has 2 rings (SSSR count). The van der Waals surface area contributed by atoms with Gasteiger partial charge in [-0.2, -0.15) is 0 Å². The minimum atomic E-state index is -0.157. The van der Waals surface area contributed by atoms with Gasteiger partial charge in [0.2, 0.25) is 0 Å². The predicted molar refractivity (Wildman–Crippen MR) is 44.0 cm³/mol. The average Bonchev–Trinajstić information content (AvgIpc) is 2.63. The van der Waals surface area contributed by atoms with E-state index in [4.69, 9.17) is 0 Å². The summed E-state index contributed by atoms with van der Waals surface area (Å²) in [5, 5.41) is 0. The normalized spacial score (nSPS) is 7.07. The first-order valence-corrected chi connectivity index (χ1v) is 3.53. The Labute approximate surface area is 119 Å². The number of hydrogen-bond acceptors (Lipinski definition) is 0. The van der Waals surface area contributed by atoms with E-state index in [9.17, 15) is 8.78 Å². The SMILES string of the molecule is F[c-]1cccc1.F[c-]1cccc1.[Cl-].[Cl-].[Zr+4]. The van der Waals surface area contributed by atoms with Crippen molar-refractivity contribution in [3.63, 3.8) is 0 Å². The standard InChI is InChI=1S/2C5H4F.2ClH.Zr/c2*6-5-3-1-2-4-5;;;/h2*1-4H;2*1H;/q2*-1;;;+4/p-2. The van der Waals surface area contributed by atoms with E-state index in [0.717, 1.165) is 0 Å². The summed E-state index contributed by atoms with van der Waals surface area (Å²) in [4.78, 5) is 0. The summed E-state index contributed by atoms with van der Waals surface area (Å²) in [5.41, 5.74) is 0. The van der Waals surface area contributed by atoms with Gasteiger partial charge in [0.15, 0.2) is 0 Å². The molecular formula is C10H8Cl2F2Zr. The smallest absolute Gasteiger partial charge is 1.00 e. The van der Waals surface area contributed by atoms with Crippen molar-refractivity contribution in [3.8, 4) is 0 Å². The molecule has 5 heteroatoms. The Hall–Kier alpha value is 0.0231. The summed E-state index contributed by atoms with van der Waals surface area (Å²) in [5.74, 6) is -0.315. The summed E-state index contributed by atoms with van der Waals surface area (Å²) in [6.07, 6.45) is 0. The van der Waals surface area contributed by atoms with E-state index in [-0.39, 0.29) is 62.7 Å². The third-order valence-electron chi connectivity index (χ3n) is 1.24. The average molecular weight is 328 g/mol. The van der Waals surface area contributed by atoms with Crippen LogP contribution in [0.15, 0.2) is 48.5 Å². The van der Waals surface area contributed by atoms with Crippen LogP contribution in [0, 0.1) is 11.6 Å². The van der Waals surface area contributed by atoms with Crippen LogP contribution in [0.3, 0.4) is 0 Å². The van der Waals surface area contributed by atoms with E-state index in [1.165, 1.54) is 24.3 Å². The first kappa shape index (κ1) is 20.4. The first-order chi connectivity index (χ1) is 5.79. The molecule has 0 heterocycles. The second-order valence-electron chi connectivity index (χ2n) is 2.21. The third kappa shape index (κ3) is 10.3. The summed E-state index contributed by atoms with van der Waals surface area (Å²) in [6.45, 7) is 0. The van der Waals surface area contributed by atoms with Crippen molar-refractivity contribution < 1.29 is 59.8 Å². The van der Waals surface area contributed by atoms with Gasteiger partial charge in [-0.1, -0.05) is 0 Å². The molecule has 0 bridgehead atoms. The fraction of sp³-hybridized carbons (Fsp3) is 0. The zero-order valence-corrected chi connectivity index (χ0v) is 11.6. The molecule has 0 saturated heterocycles. The molecule has 0 unspecified atom stereocenters. The van der Waals surface area contributed by atoms with Gasteiger partial charge in [-0.25, -0.2) is 24.3 Å². The van der Waals surface area contributed by atoms with Crippen molar-refractivity contribution >= 4 is 0 Å². The van der Waals surface area contributed by atoms with Crippen molar-refractivity contribution in [2.75, 3.05) is 0 Å². The van der Waals surface area contributed by atoms with Crippen LogP contribution in [-0.2, 0) is 26.2 Å². The topological polar surface area (TPSA) is 0 Å². The Morgan fingerprint density at radius 2 is 0.800 bits per heavy atom. The molecule has 0 nitrogen and oxygen atoms in total. The minimum Gasteiger partial charge on any atom is -1.00 e. The van der Waals surface area contributed by atoms with Crippen LogP contribution in [0.4, 0.5) is 8.78 Å². The third-order valence-corrected chi connectivity index (χ3v) is 1.24. The molecule has 0 aliphatic rings. The van der Waals surface area contributed by atoms with Gasteiger partial charge in [0.05, 0.1) is 0 Å². The molecule has 0 radical (unpaired) electrons. The van der Waals surface area contributed by atoms with Crippen LogP contribution in [-0.4, -0.2) is 0 Å². The summed E-state index contributed by atoms with van der Waals surface area (Å²) < 4.78 is 23.3. The van der Waals surface area contributed by atoms with E-state index in [1.54, 1.807) is 24.3 Å². The predicted octanol–water partition coefficient (Wildman–Crippen LogP) is -2.91. The zero-order valence-electron chi connectivity index (χ0n) is 7.63. The van der Waals surface area contributed by atoms with Gasteiger partial charge in [0.25, 0.3) is 0 Å². The Kier molecular flexibility index (Phi) is 16.5. The van der Waals surface area contributed by atoms with E-state index in [0.29, 0.717) is 0 Å². The Morgan fingerprint density at radius 3 is 0.867 bits per heavy atom. The largest absolute Gasteiger partial charge is 4.00 e. The monoisotopic (exact) mass is 326 g/mol. The quantitative estimate of drug-likeness (QED) is 0.455. The van der Waals surface area contributed by atoms with E-state index >= 15 is 0 Å². The van der Waals surface area contributed by atoms with Gasteiger partial charge >= 0.3 is 26.2 Å². The van der Waals surface area contributed by atoms with Gasteiger partial charge in [-0.15, -0.1) is 24.3 Å². The molecule has 0 amide bonds. The molecule has 0 aliphatic carbocycles. The zero-order chi connectivity index (χ0) is 8.81. The maximum atomic E-state index is 11.7. The van der Waals surface area contributed by atoms with E-state index in [2.05, 4.69) is 0 Å². The second-order valence-corrected chi connectivity index (χ2v) is 2.21. The molecule has 0 aliphatic heterocycles. The van der Waals surface area contributed by atoms with Crippen molar-refractivity contribution in [2.45, 2.75) is 0 Å². The van der Waals surface area contributed by atoms with Crippen molar-refractivity contribution in [2.24, 2.45) is 0 Å². The van der Waals surface area contributed by atoms with Gasteiger partial charge in [0, 0.05) is 11.6 Å².